The smallest absolute Gasteiger partial charge is 0.254 e. The predicted octanol–water partition coefficient (Wildman–Crippen LogP) is 4.04. The molecule has 0 fully saturated rings. The maximum atomic E-state index is 12.5. The summed E-state index contributed by atoms with van der Waals surface area (Å²) in [5.41, 5.74) is 2.68. The Bertz CT molecular complexity index is 655. The van der Waals surface area contributed by atoms with Gasteiger partial charge in [0.25, 0.3) is 5.91 Å². The van der Waals surface area contributed by atoms with Gasteiger partial charge in [0.05, 0.1) is 7.11 Å². The van der Waals surface area contributed by atoms with E-state index in [1.807, 2.05) is 49.4 Å². The van der Waals surface area contributed by atoms with Gasteiger partial charge in [0, 0.05) is 29.2 Å². The molecule has 0 spiro atoms. The van der Waals surface area contributed by atoms with E-state index in [2.05, 4.69) is 15.9 Å². The SMILES string of the molecule is COc1ccc(Br)cc1CN(C)C(=O)c1ccccc1C. The molecule has 0 aliphatic rings. The van der Waals surface area contributed by atoms with Gasteiger partial charge in [-0.05, 0) is 36.8 Å². The van der Waals surface area contributed by atoms with Gasteiger partial charge in [-0.3, -0.25) is 4.79 Å². The average Bonchev–Trinajstić information content (AvgIpc) is 2.47. The first kappa shape index (κ1) is 15.6. The predicted molar refractivity (Wildman–Crippen MR) is 87.7 cm³/mol. The lowest BCUT2D eigenvalue weighted by Gasteiger charge is -2.20. The summed E-state index contributed by atoms with van der Waals surface area (Å²) in [7, 11) is 3.44. The molecule has 0 bridgehead atoms. The van der Waals surface area contributed by atoms with Crippen LogP contribution in [-0.2, 0) is 6.54 Å². The Labute approximate surface area is 133 Å². The molecule has 0 heterocycles. The van der Waals surface area contributed by atoms with Gasteiger partial charge in [-0.2, -0.15) is 0 Å². The van der Waals surface area contributed by atoms with Gasteiger partial charge >= 0.3 is 0 Å². The number of rotatable bonds is 4. The molecule has 4 heteroatoms. The molecule has 2 aromatic carbocycles. The summed E-state index contributed by atoms with van der Waals surface area (Å²) in [5.74, 6) is 0.790. The van der Waals surface area contributed by atoms with Crippen LogP contribution in [0.5, 0.6) is 5.75 Å². The Balaban J connectivity index is 2.22. The molecule has 3 nitrogen and oxygen atoms in total. The van der Waals surface area contributed by atoms with E-state index in [0.717, 1.165) is 26.9 Å². The molecule has 0 atom stereocenters. The van der Waals surface area contributed by atoms with Gasteiger partial charge in [-0.15, -0.1) is 0 Å². The van der Waals surface area contributed by atoms with E-state index in [0.29, 0.717) is 6.54 Å². The number of amides is 1. The van der Waals surface area contributed by atoms with Gasteiger partial charge in [-0.25, -0.2) is 0 Å². The monoisotopic (exact) mass is 347 g/mol. The van der Waals surface area contributed by atoms with E-state index in [4.69, 9.17) is 4.74 Å². The van der Waals surface area contributed by atoms with Gasteiger partial charge in [0.2, 0.25) is 0 Å². The molecule has 0 aliphatic carbocycles. The van der Waals surface area contributed by atoms with Crippen molar-refractivity contribution in [1.82, 2.24) is 4.90 Å². The lowest BCUT2D eigenvalue weighted by Crippen LogP contribution is -2.27. The van der Waals surface area contributed by atoms with Crippen molar-refractivity contribution in [2.75, 3.05) is 14.2 Å². The number of ether oxygens (including phenoxy) is 1. The molecule has 0 aliphatic heterocycles. The zero-order chi connectivity index (χ0) is 15.4. The molecule has 0 saturated carbocycles. The average molecular weight is 348 g/mol. The van der Waals surface area contributed by atoms with E-state index in [-0.39, 0.29) is 5.91 Å². The molecule has 1 amide bonds. The summed E-state index contributed by atoms with van der Waals surface area (Å²) in [4.78, 5) is 14.2. The molecule has 110 valence electrons. The lowest BCUT2D eigenvalue weighted by molar-refractivity contribution is 0.0783. The lowest BCUT2D eigenvalue weighted by atomic mass is 10.1. The number of methoxy groups -OCH3 is 1. The Morgan fingerprint density at radius 3 is 2.62 bits per heavy atom. The van der Waals surface area contributed by atoms with Crippen molar-refractivity contribution in [3.05, 3.63) is 63.6 Å². The molecule has 21 heavy (non-hydrogen) atoms. The number of halogens is 1. The highest BCUT2D eigenvalue weighted by molar-refractivity contribution is 9.10. The largest absolute Gasteiger partial charge is 0.496 e. The van der Waals surface area contributed by atoms with Crippen molar-refractivity contribution in [3.8, 4) is 5.75 Å². The number of carbonyl (C=O) groups excluding carboxylic acids is 1. The third kappa shape index (κ3) is 3.64. The van der Waals surface area contributed by atoms with Crippen LogP contribution in [0.15, 0.2) is 46.9 Å². The summed E-state index contributed by atoms with van der Waals surface area (Å²) >= 11 is 3.45. The minimum Gasteiger partial charge on any atom is -0.496 e. The summed E-state index contributed by atoms with van der Waals surface area (Å²) < 4.78 is 6.32. The highest BCUT2D eigenvalue weighted by Crippen LogP contribution is 2.24. The highest BCUT2D eigenvalue weighted by atomic mass is 79.9. The van der Waals surface area contributed by atoms with E-state index in [1.54, 1.807) is 19.1 Å². The molecule has 0 radical (unpaired) electrons. The standard InChI is InChI=1S/C17H18BrNO2/c1-12-6-4-5-7-15(12)17(20)19(2)11-13-10-14(18)8-9-16(13)21-3/h4-10H,11H2,1-3H3. The molecule has 0 unspecified atom stereocenters. The molecular weight excluding hydrogens is 330 g/mol. The van der Waals surface area contributed by atoms with E-state index in [1.165, 1.54) is 0 Å². The Kier molecular flexibility index (Phi) is 5.02. The first-order chi connectivity index (χ1) is 10.0. The zero-order valence-corrected chi connectivity index (χ0v) is 14.0. The van der Waals surface area contributed by atoms with Crippen LogP contribution < -0.4 is 4.74 Å². The summed E-state index contributed by atoms with van der Waals surface area (Å²) in [5, 5.41) is 0. The molecule has 2 rings (SSSR count). The van der Waals surface area contributed by atoms with E-state index >= 15 is 0 Å². The van der Waals surface area contributed by atoms with Crippen molar-refractivity contribution in [2.24, 2.45) is 0 Å². The molecule has 0 N–H and O–H groups in total. The number of nitrogens with zero attached hydrogens (tertiary/aromatic N) is 1. The minimum atomic E-state index is 0.00938. The fraction of sp³-hybridized carbons (Fsp3) is 0.235. The van der Waals surface area contributed by atoms with Gasteiger partial charge in [0.1, 0.15) is 5.75 Å². The second-order valence-corrected chi connectivity index (χ2v) is 5.85. The Morgan fingerprint density at radius 2 is 1.95 bits per heavy atom. The van der Waals surface area contributed by atoms with Crippen LogP contribution in [0, 0.1) is 6.92 Å². The van der Waals surface area contributed by atoms with Gasteiger partial charge < -0.3 is 9.64 Å². The maximum absolute atomic E-state index is 12.5. The van der Waals surface area contributed by atoms with Gasteiger partial charge in [0.15, 0.2) is 0 Å². The van der Waals surface area contributed by atoms with Crippen molar-refractivity contribution < 1.29 is 9.53 Å². The van der Waals surface area contributed by atoms with Crippen LogP contribution in [0.2, 0.25) is 0 Å². The van der Waals surface area contributed by atoms with Crippen molar-refractivity contribution in [1.29, 1.82) is 0 Å². The van der Waals surface area contributed by atoms with E-state index < -0.39 is 0 Å². The number of hydrogen-bond acceptors (Lipinski definition) is 2. The quantitative estimate of drug-likeness (QED) is 0.835. The molecule has 0 saturated heterocycles. The Hall–Kier alpha value is -1.81. The Morgan fingerprint density at radius 1 is 1.24 bits per heavy atom. The minimum absolute atomic E-state index is 0.00938. The number of benzene rings is 2. The topological polar surface area (TPSA) is 29.5 Å². The van der Waals surface area contributed by atoms with Crippen LogP contribution in [0.1, 0.15) is 21.5 Å². The van der Waals surface area contributed by atoms with Crippen LogP contribution in [-0.4, -0.2) is 25.0 Å². The van der Waals surface area contributed by atoms with Crippen molar-refractivity contribution in [3.63, 3.8) is 0 Å². The second kappa shape index (κ2) is 6.76. The summed E-state index contributed by atoms with van der Waals surface area (Å²) in [6.45, 7) is 2.44. The third-order valence-corrected chi connectivity index (χ3v) is 3.87. The van der Waals surface area contributed by atoms with Crippen LogP contribution in [0.3, 0.4) is 0 Å². The molecular formula is C17H18BrNO2. The van der Waals surface area contributed by atoms with Crippen LogP contribution in [0.4, 0.5) is 0 Å². The van der Waals surface area contributed by atoms with E-state index in [9.17, 15) is 4.79 Å². The third-order valence-electron chi connectivity index (χ3n) is 3.37. The highest BCUT2D eigenvalue weighted by Gasteiger charge is 2.15. The van der Waals surface area contributed by atoms with Crippen molar-refractivity contribution in [2.45, 2.75) is 13.5 Å². The second-order valence-electron chi connectivity index (χ2n) is 4.93. The fourth-order valence-corrected chi connectivity index (χ4v) is 2.63. The zero-order valence-electron chi connectivity index (χ0n) is 12.4. The maximum Gasteiger partial charge on any atom is 0.254 e. The summed E-state index contributed by atoms with van der Waals surface area (Å²) in [6.07, 6.45) is 0. The summed E-state index contributed by atoms with van der Waals surface area (Å²) in [6, 6.07) is 13.4. The number of hydrogen-bond donors (Lipinski definition) is 0. The first-order valence-corrected chi connectivity index (χ1v) is 7.45. The van der Waals surface area contributed by atoms with Crippen molar-refractivity contribution >= 4 is 21.8 Å². The molecule has 2 aromatic rings. The fourth-order valence-electron chi connectivity index (χ4n) is 2.22. The number of aryl methyl sites for hydroxylation is 1. The molecule has 0 aromatic heterocycles. The van der Waals surface area contributed by atoms with Gasteiger partial charge in [-0.1, -0.05) is 34.1 Å². The first-order valence-electron chi connectivity index (χ1n) is 6.66. The van der Waals surface area contributed by atoms with Crippen LogP contribution >= 0.6 is 15.9 Å². The van der Waals surface area contributed by atoms with Crippen LogP contribution in [0.25, 0.3) is 0 Å². The number of carbonyl (C=O) groups is 1. The normalized spacial score (nSPS) is 10.3.